The highest BCUT2D eigenvalue weighted by molar-refractivity contribution is 9.10. The van der Waals surface area contributed by atoms with Crippen molar-refractivity contribution >= 4 is 15.9 Å². The summed E-state index contributed by atoms with van der Waals surface area (Å²) in [6.45, 7) is 3.68. The first-order valence-electron chi connectivity index (χ1n) is 6.99. The maximum atomic E-state index is 13.5. The van der Waals surface area contributed by atoms with E-state index in [4.69, 9.17) is 0 Å². The second kappa shape index (κ2) is 7.66. The normalized spacial score (nSPS) is 12.4. The number of halogens is 3. The lowest BCUT2D eigenvalue weighted by molar-refractivity contribution is 0.584. The second-order valence-electron chi connectivity index (χ2n) is 5.04. The van der Waals surface area contributed by atoms with Gasteiger partial charge in [-0.2, -0.15) is 0 Å². The minimum absolute atomic E-state index is 0.180. The molecule has 0 saturated heterocycles. The van der Waals surface area contributed by atoms with Crippen molar-refractivity contribution in [1.29, 1.82) is 0 Å². The molecule has 1 atom stereocenters. The Labute approximate surface area is 132 Å². The molecule has 0 saturated carbocycles. The fourth-order valence-corrected chi connectivity index (χ4v) is 2.89. The largest absolute Gasteiger partial charge is 0.316 e. The van der Waals surface area contributed by atoms with Crippen LogP contribution in [0.25, 0.3) is 0 Å². The van der Waals surface area contributed by atoms with Crippen molar-refractivity contribution in [2.24, 2.45) is 0 Å². The molecule has 2 aromatic rings. The Kier molecular flexibility index (Phi) is 5.88. The zero-order chi connectivity index (χ0) is 15.2. The summed E-state index contributed by atoms with van der Waals surface area (Å²) in [6, 6.07) is 11.4. The van der Waals surface area contributed by atoms with Gasteiger partial charge in [-0.1, -0.05) is 35.0 Å². The number of hydrogen-bond donors (Lipinski definition) is 1. The molecule has 0 fully saturated rings. The predicted molar refractivity (Wildman–Crippen MR) is 85.5 cm³/mol. The second-order valence-corrected chi connectivity index (χ2v) is 5.95. The van der Waals surface area contributed by atoms with Gasteiger partial charge in [0, 0.05) is 16.9 Å². The molecule has 4 heteroatoms. The van der Waals surface area contributed by atoms with Crippen molar-refractivity contribution in [2.75, 3.05) is 13.1 Å². The molecule has 1 nitrogen and oxygen atoms in total. The quantitative estimate of drug-likeness (QED) is 0.795. The Morgan fingerprint density at radius 3 is 2.38 bits per heavy atom. The molecule has 21 heavy (non-hydrogen) atoms. The summed E-state index contributed by atoms with van der Waals surface area (Å²) in [5, 5.41) is 3.31. The van der Waals surface area contributed by atoms with Crippen molar-refractivity contribution in [2.45, 2.75) is 19.3 Å². The Morgan fingerprint density at radius 2 is 1.76 bits per heavy atom. The maximum Gasteiger partial charge on any atom is 0.124 e. The van der Waals surface area contributed by atoms with E-state index in [0.717, 1.165) is 28.7 Å². The summed E-state index contributed by atoms with van der Waals surface area (Å²) in [6.07, 6.45) is 0.703. The standard InChI is InChI=1S/C17H18BrF2N/c1-2-21-11-14(13-3-5-16(19)6-4-13)7-12-8-15(18)10-17(20)9-12/h3-6,8-10,14,21H,2,7,11H2,1H3. The van der Waals surface area contributed by atoms with E-state index in [9.17, 15) is 8.78 Å². The molecule has 112 valence electrons. The zero-order valence-corrected chi connectivity index (χ0v) is 13.5. The third kappa shape index (κ3) is 4.90. The van der Waals surface area contributed by atoms with Crippen molar-refractivity contribution in [1.82, 2.24) is 5.32 Å². The van der Waals surface area contributed by atoms with Gasteiger partial charge in [-0.15, -0.1) is 0 Å². The summed E-state index contributed by atoms with van der Waals surface area (Å²) in [5.74, 6) is -0.311. The zero-order valence-electron chi connectivity index (χ0n) is 11.9. The minimum atomic E-state index is -0.249. The topological polar surface area (TPSA) is 12.0 Å². The first-order chi connectivity index (χ1) is 10.1. The predicted octanol–water partition coefficient (Wildman–Crippen LogP) is 4.66. The van der Waals surface area contributed by atoms with E-state index < -0.39 is 0 Å². The molecular formula is C17H18BrF2N. The van der Waals surface area contributed by atoms with E-state index in [0.29, 0.717) is 6.42 Å². The van der Waals surface area contributed by atoms with Crippen LogP contribution in [0.2, 0.25) is 0 Å². The van der Waals surface area contributed by atoms with Crippen LogP contribution in [0.5, 0.6) is 0 Å². The van der Waals surface area contributed by atoms with Crippen LogP contribution in [0, 0.1) is 11.6 Å². The van der Waals surface area contributed by atoms with Gasteiger partial charge in [-0.3, -0.25) is 0 Å². The summed E-state index contributed by atoms with van der Waals surface area (Å²) >= 11 is 3.32. The Morgan fingerprint density at radius 1 is 1.05 bits per heavy atom. The van der Waals surface area contributed by atoms with Crippen LogP contribution in [0.15, 0.2) is 46.9 Å². The van der Waals surface area contributed by atoms with Crippen molar-refractivity contribution in [3.05, 3.63) is 69.7 Å². The van der Waals surface area contributed by atoms with E-state index in [-0.39, 0.29) is 17.6 Å². The van der Waals surface area contributed by atoms with Crippen molar-refractivity contribution in [3.63, 3.8) is 0 Å². The van der Waals surface area contributed by atoms with Crippen molar-refractivity contribution < 1.29 is 8.78 Å². The smallest absolute Gasteiger partial charge is 0.124 e. The lowest BCUT2D eigenvalue weighted by Gasteiger charge is -2.18. The third-order valence-corrected chi connectivity index (χ3v) is 3.84. The summed E-state index contributed by atoms with van der Waals surface area (Å²) in [5.41, 5.74) is 1.98. The molecule has 0 heterocycles. The van der Waals surface area contributed by atoms with Crippen LogP contribution in [0.1, 0.15) is 24.0 Å². The molecule has 0 spiro atoms. The minimum Gasteiger partial charge on any atom is -0.316 e. The van der Waals surface area contributed by atoms with E-state index >= 15 is 0 Å². The number of likely N-dealkylation sites (N-methyl/N-ethyl adjacent to an activating group) is 1. The molecular weight excluding hydrogens is 336 g/mol. The molecule has 0 radical (unpaired) electrons. The van der Waals surface area contributed by atoms with Crippen molar-refractivity contribution in [3.8, 4) is 0 Å². The van der Waals surface area contributed by atoms with Crippen LogP contribution < -0.4 is 5.32 Å². The van der Waals surface area contributed by atoms with Gasteiger partial charge in [0.15, 0.2) is 0 Å². The van der Waals surface area contributed by atoms with Gasteiger partial charge in [0.2, 0.25) is 0 Å². The van der Waals surface area contributed by atoms with Crippen LogP contribution in [-0.4, -0.2) is 13.1 Å². The highest BCUT2D eigenvalue weighted by atomic mass is 79.9. The molecule has 1 unspecified atom stereocenters. The Balaban J connectivity index is 2.21. The summed E-state index contributed by atoms with van der Waals surface area (Å²) in [4.78, 5) is 0. The van der Waals surface area contributed by atoms with E-state index in [1.807, 2.05) is 13.0 Å². The number of rotatable bonds is 6. The number of benzene rings is 2. The van der Waals surface area contributed by atoms with Gasteiger partial charge in [-0.25, -0.2) is 8.78 Å². The van der Waals surface area contributed by atoms with Crippen LogP contribution in [-0.2, 0) is 6.42 Å². The third-order valence-electron chi connectivity index (χ3n) is 3.39. The molecule has 0 aliphatic heterocycles. The SMILES string of the molecule is CCNCC(Cc1cc(F)cc(Br)c1)c1ccc(F)cc1. The average Bonchev–Trinajstić information content (AvgIpc) is 2.43. The van der Waals surface area contributed by atoms with Crippen LogP contribution in [0.3, 0.4) is 0 Å². The monoisotopic (exact) mass is 353 g/mol. The highest BCUT2D eigenvalue weighted by Crippen LogP contribution is 2.23. The first kappa shape index (κ1) is 16.1. The first-order valence-corrected chi connectivity index (χ1v) is 7.79. The van der Waals surface area contributed by atoms with Crippen LogP contribution >= 0.6 is 15.9 Å². The van der Waals surface area contributed by atoms with E-state index in [1.54, 1.807) is 18.2 Å². The average molecular weight is 354 g/mol. The van der Waals surface area contributed by atoms with Gasteiger partial charge >= 0.3 is 0 Å². The Hall–Kier alpha value is -1.26. The van der Waals surface area contributed by atoms with E-state index in [1.165, 1.54) is 18.2 Å². The van der Waals surface area contributed by atoms with Gasteiger partial charge in [-0.05, 0) is 54.4 Å². The highest BCUT2D eigenvalue weighted by Gasteiger charge is 2.13. The lowest BCUT2D eigenvalue weighted by Crippen LogP contribution is -2.22. The molecule has 1 N–H and O–H groups in total. The van der Waals surface area contributed by atoms with Gasteiger partial charge in [0.25, 0.3) is 0 Å². The van der Waals surface area contributed by atoms with E-state index in [2.05, 4.69) is 21.2 Å². The fourth-order valence-electron chi connectivity index (χ4n) is 2.37. The molecule has 2 aromatic carbocycles. The maximum absolute atomic E-state index is 13.5. The summed E-state index contributed by atoms with van der Waals surface area (Å²) in [7, 11) is 0. The van der Waals surface area contributed by atoms with Gasteiger partial charge in [0.05, 0.1) is 0 Å². The molecule has 0 aliphatic rings. The molecule has 0 aromatic heterocycles. The molecule has 0 amide bonds. The van der Waals surface area contributed by atoms with Crippen LogP contribution in [0.4, 0.5) is 8.78 Å². The number of hydrogen-bond acceptors (Lipinski definition) is 1. The molecule has 0 aliphatic carbocycles. The van der Waals surface area contributed by atoms with Gasteiger partial charge < -0.3 is 5.32 Å². The molecule has 0 bridgehead atoms. The lowest BCUT2D eigenvalue weighted by atomic mass is 9.92. The summed E-state index contributed by atoms with van der Waals surface area (Å²) < 4.78 is 27.3. The van der Waals surface area contributed by atoms with Gasteiger partial charge in [0.1, 0.15) is 11.6 Å². The Bertz CT molecular complexity index is 564. The number of nitrogens with one attached hydrogen (secondary N) is 1. The molecule has 2 rings (SSSR count). The fraction of sp³-hybridized carbons (Fsp3) is 0.294.